The molecule has 0 bridgehead atoms. The summed E-state index contributed by atoms with van der Waals surface area (Å²) >= 11 is 0. The summed E-state index contributed by atoms with van der Waals surface area (Å²) < 4.78 is 11.4. The van der Waals surface area contributed by atoms with E-state index < -0.39 is 0 Å². The molecule has 0 radical (unpaired) electrons. The zero-order valence-electron chi connectivity index (χ0n) is 18.1. The molecule has 33 heavy (non-hydrogen) atoms. The molecule has 2 heterocycles. The molecule has 2 aromatic heterocycles. The van der Waals surface area contributed by atoms with Gasteiger partial charge in [-0.25, -0.2) is 9.97 Å². The van der Waals surface area contributed by atoms with E-state index in [-0.39, 0.29) is 17.9 Å². The highest BCUT2D eigenvalue weighted by molar-refractivity contribution is 5.96. The van der Waals surface area contributed by atoms with Gasteiger partial charge in [0.05, 0.1) is 6.10 Å². The Kier molecular flexibility index (Phi) is 7.25. The number of nitrogens with one attached hydrogen (secondary N) is 2. The molecule has 2 aromatic carbocycles. The van der Waals surface area contributed by atoms with Gasteiger partial charge < -0.3 is 20.1 Å². The van der Waals surface area contributed by atoms with E-state index >= 15 is 0 Å². The number of hydrogen-bond acceptors (Lipinski definition) is 6. The van der Waals surface area contributed by atoms with Crippen molar-refractivity contribution in [2.24, 2.45) is 0 Å². The zero-order valence-corrected chi connectivity index (χ0v) is 18.1. The van der Waals surface area contributed by atoms with Crippen LogP contribution >= 0.6 is 0 Å². The van der Waals surface area contributed by atoms with Gasteiger partial charge in [-0.05, 0) is 54.1 Å². The SMILES string of the molecule is COC(CNC(=O)c1cccnc1Oc1ccc(Nc2ccccn2)cc1)c1ccccc1. The number of rotatable bonds is 9. The number of anilines is 2. The van der Waals surface area contributed by atoms with Crippen LogP contribution in [-0.4, -0.2) is 29.5 Å². The van der Waals surface area contributed by atoms with Crippen molar-refractivity contribution >= 4 is 17.4 Å². The van der Waals surface area contributed by atoms with Gasteiger partial charge in [-0.1, -0.05) is 36.4 Å². The number of ether oxygens (including phenoxy) is 2. The first kappa shape index (κ1) is 22.0. The van der Waals surface area contributed by atoms with Gasteiger partial charge in [0.1, 0.15) is 17.1 Å². The maximum absolute atomic E-state index is 12.9. The number of carbonyl (C=O) groups is 1. The van der Waals surface area contributed by atoms with Crippen molar-refractivity contribution in [3.05, 3.63) is 108 Å². The molecule has 0 fully saturated rings. The fraction of sp³-hybridized carbons (Fsp3) is 0.115. The highest BCUT2D eigenvalue weighted by atomic mass is 16.5. The Hall–Kier alpha value is -4.23. The van der Waals surface area contributed by atoms with E-state index in [9.17, 15) is 4.79 Å². The number of aromatic nitrogens is 2. The average molecular weight is 441 g/mol. The minimum Gasteiger partial charge on any atom is -0.438 e. The van der Waals surface area contributed by atoms with Crippen LogP contribution in [0.5, 0.6) is 11.6 Å². The third kappa shape index (κ3) is 5.93. The minimum absolute atomic E-state index is 0.231. The topological polar surface area (TPSA) is 85.4 Å². The van der Waals surface area contributed by atoms with Crippen molar-refractivity contribution in [3.8, 4) is 11.6 Å². The Bertz CT molecular complexity index is 1170. The van der Waals surface area contributed by atoms with Crippen LogP contribution in [0.2, 0.25) is 0 Å². The largest absolute Gasteiger partial charge is 0.438 e. The monoisotopic (exact) mass is 440 g/mol. The standard InChI is InChI=1S/C26H24N4O3/c1-32-23(19-8-3-2-4-9-19)18-29-25(31)22-10-7-17-28-26(22)33-21-14-12-20(13-15-21)30-24-11-5-6-16-27-24/h2-17,23H,18H2,1H3,(H,27,30)(H,29,31). The summed E-state index contributed by atoms with van der Waals surface area (Å²) in [7, 11) is 1.62. The zero-order chi connectivity index (χ0) is 22.9. The maximum atomic E-state index is 12.9. The molecule has 2 N–H and O–H groups in total. The van der Waals surface area contributed by atoms with E-state index in [4.69, 9.17) is 9.47 Å². The van der Waals surface area contributed by atoms with Gasteiger partial charge in [0, 0.05) is 31.7 Å². The number of carbonyl (C=O) groups excluding carboxylic acids is 1. The van der Waals surface area contributed by atoms with Crippen molar-refractivity contribution < 1.29 is 14.3 Å². The molecule has 0 saturated heterocycles. The molecule has 4 aromatic rings. The van der Waals surface area contributed by atoms with Crippen LogP contribution in [0.1, 0.15) is 22.0 Å². The first-order chi connectivity index (χ1) is 16.2. The normalized spacial score (nSPS) is 11.4. The van der Waals surface area contributed by atoms with Gasteiger partial charge >= 0.3 is 0 Å². The minimum atomic E-state index is -0.287. The quantitative estimate of drug-likeness (QED) is 0.375. The van der Waals surface area contributed by atoms with Crippen LogP contribution in [0.25, 0.3) is 0 Å². The highest BCUT2D eigenvalue weighted by Crippen LogP contribution is 2.25. The second kappa shape index (κ2) is 10.9. The number of amides is 1. The third-order valence-corrected chi connectivity index (χ3v) is 4.93. The van der Waals surface area contributed by atoms with Crippen molar-refractivity contribution in [1.29, 1.82) is 0 Å². The van der Waals surface area contributed by atoms with Gasteiger partial charge in [-0.3, -0.25) is 4.79 Å². The molecule has 166 valence electrons. The predicted octanol–water partition coefficient (Wildman–Crippen LogP) is 5.13. The average Bonchev–Trinajstić information content (AvgIpc) is 2.87. The lowest BCUT2D eigenvalue weighted by atomic mass is 10.1. The van der Waals surface area contributed by atoms with Crippen LogP contribution in [0.4, 0.5) is 11.5 Å². The van der Waals surface area contributed by atoms with E-state index in [1.165, 1.54) is 0 Å². The Morgan fingerprint density at radius 2 is 1.64 bits per heavy atom. The van der Waals surface area contributed by atoms with Crippen molar-refractivity contribution in [3.63, 3.8) is 0 Å². The molecule has 4 rings (SSSR count). The van der Waals surface area contributed by atoms with Crippen molar-refractivity contribution in [2.45, 2.75) is 6.10 Å². The smallest absolute Gasteiger partial charge is 0.256 e. The van der Waals surface area contributed by atoms with Crippen LogP contribution < -0.4 is 15.4 Å². The summed E-state index contributed by atoms with van der Waals surface area (Å²) in [6.07, 6.45) is 3.06. The second-order valence-electron chi connectivity index (χ2n) is 7.17. The molecular weight excluding hydrogens is 416 g/mol. The fourth-order valence-corrected chi connectivity index (χ4v) is 3.23. The molecule has 0 aliphatic carbocycles. The summed E-state index contributed by atoms with van der Waals surface area (Å²) in [5.41, 5.74) is 2.20. The first-order valence-electron chi connectivity index (χ1n) is 10.5. The van der Waals surface area contributed by atoms with E-state index in [0.29, 0.717) is 17.9 Å². The van der Waals surface area contributed by atoms with Crippen LogP contribution in [-0.2, 0) is 4.74 Å². The number of hydrogen-bond donors (Lipinski definition) is 2. The number of nitrogens with zero attached hydrogens (tertiary/aromatic N) is 2. The number of pyridine rings is 2. The molecular formula is C26H24N4O3. The Morgan fingerprint density at radius 3 is 2.36 bits per heavy atom. The maximum Gasteiger partial charge on any atom is 0.256 e. The van der Waals surface area contributed by atoms with E-state index in [1.807, 2.05) is 60.7 Å². The molecule has 0 spiro atoms. The van der Waals surface area contributed by atoms with E-state index in [1.54, 1.807) is 43.8 Å². The van der Waals surface area contributed by atoms with Crippen molar-refractivity contribution in [2.75, 3.05) is 19.0 Å². The lowest BCUT2D eigenvalue weighted by molar-refractivity contribution is 0.0825. The van der Waals surface area contributed by atoms with E-state index in [0.717, 1.165) is 17.1 Å². The molecule has 1 atom stereocenters. The van der Waals surface area contributed by atoms with Gasteiger partial charge in [0.15, 0.2) is 0 Å². The summed E-state index contributed by atoms with van der Waals surface area (Å²) in [5.74, 6) is 1.26. The van der Waals surface area contributed by atoms with Crippen LogP contribution in [0.15, 0.2) is 97.3 Å². The predicted molar refractivity (Wildman–Crippen MR) is 127 cm³/mol. The van der Waals surface area contributed by atoms with Crippen LogP contribution in [0, 0.1) is 0 Å². The second-order valence-corrected chi connectivity index (χ2v) is 7.17. The van der Waals surface area contributed by atoms with Gasteiger partial charge in [-0.15, -0.1) is 0 Å². The fourth-order valence-electron chi connectivity index (χ4n) is 3.23. The molecule has 1 unspecified atom stereocenters. The van der Waals surface area contributed by atoms with Gasteiger partial charge in [0.25, 0.3) is 5.91 Å². The molecule has 0 saturated carbocycles. The lowest BCUT2D eigenvalue weighted by Crippen LogP contribution is -2.29. The van der Waals surface area contributed by atoms with Crippen molar-refractivity contribution in [1.82, 2.24) is 15.3 Å². The Balaban J connectivity index is 1.41. The number of benzene rings is 2. The first-order valence-corrected chi connectivity index (χ1v) is 10.5. The molecule has 0 aliphatic rings. The van der Waals surface area contributed by atoms with Gasteiger partial charge in [0.2, 0.25) is 5.88 Å². The molecule has 7 heteroatoms. The summed E-state index contributed by atoms with van der Waals surface area (Å²) in [6, 6.07) is 26.1. The number of methoxy groups -OCH3 is 1. The van der Waals surface area contributed by atoms with Crippen LogP contribution in [0.3, 0.4) is 0 Å². The third-order valence-electron chi connectivity index (χ3n) is 4.93. The Labute approximate surface area is 192 Å². The lowest BCUT2D eigenvalue weighted by Gasteiger charge is -2.17. The molecule has 0 aliphatic heterocycles. The Morgan fingerprint density at radius 1 is 0.879 bits per heavy atom. The summed E-state index contributed by atoms with van der Waals surface area (Å²) in [5, 5.41) is 6.12. The molecule has 1 amide bonds. The highest BCUT2D eigenvalue weighted by Gasteiger charge is 2.17. The van der Waals surface area contributed by atoms with E-state index in [2.05, 4.69) is 20.6 Å². The molecule has 7 nitrogen and oxygen atoms in total. The van der Waals surface area contributed by atoms with Gasteiger partial charge in [-0.2, -0.15) is 0 Å². The summed E-state index contributed by atoms with van der Waals surface area (Å²) in [4.78, 5) is 21.4. The summed E-state index contributed by atoms with van der Waals surface area (Å²) in [6.45, 7) is 0.321.